The minimum absolute atomic E-state index is 0.00406. The van der Waals surface area contributed by atoms with E-state index in [1.165, 1.54) is 18.7 Å². The molecule has 0 N–H and O–H groups in total. The molecule has 0 radical (unpaired) electrons. The van der Waals surface area contributed by atoms with E-state index in [1.807, 2.05) is 30.3 Å². The van der Waals surface area contributed by atoms with Crippen LogP contribution >= 0.6 is 11.8 Å². The van der Waals surface area contributed by atoms with E-state index in [1.54, 1.807) is 12.1 Å². The molecule has 0 saturated heterocycles. The van der Waals surface area contributed by atoms with Crippen LogP contribution in [0.25, 0.3) is 10.8 Å². The smallest absolute Gasteiger partial charge is 0.186 e. The van der Waals surface area contributed by atoms with E-state index >= 15 is 0 Å². The zero-order valence-electron chi connectivity index (χ0n) is 13.1. The third-order valence-corrected chi connectivity index (χ3v) is 8.05. The first-order chi connectivity index (χ1) is 11.0. The zero-order chi connectivity index (χ0) is 16.4. The fraction of sp³-hybridized carbons (Fsp3) is 0.389. The monoisotopic (exact) mass is 348 g/mol. The highest BCUT2D eigenvalue weighted by atomic mass is 32.2. The van der Waals surface area contributed by atoms with Crippen molar-refractivity contribution in [2.75, 3.05) is 0 Å². The first-order valence-corrected chi connectivity index (χ1v) is 10.3. The van der Waals surface area contributed by atoms with E-state index in [4.69, 9.17) is 0 Å². The molecule has 5 heteroatoms. The summed E-state index contributed by atoms with van der Waals surface area (Å²) in [7, 11) is -3.42. The van der Waals surface area contributed by atoms with E-state index in [2.05, 4.69) is 0 Å². The number of hydrogen-bond donors (Lipinski definition) is 0. The lowest BCUT2D eigenvalue weighted by atomic mass is 10.00. The first kappa shape index (κ1) is 16.5. The van der Waals surface area contributed by atoms with Crippen molar-refractivity contribution in [3.63, 3.8) is 0 Å². The average molecular weight is 348 g/mol. The van der Waals surface area contributed by atoms with Gasteiger partial charge in [0.25, 0.3) is 0 Å². The minimum Gasteiger partial charge on any atom is -0.288 e. The molecule has 1 aliphatic carbocycles. The van der Waals surface area contributed by atoms with Gasteiger partial charge in [-0.05, 0) is 35.7 Å². The van der Waals surface area contributed by atoms with Gasteiger partial charge in [0.15, 0.2) is 15.0 Å². The molecule has 23 heavy (non-hydrogen) atoms. The number of fused-ring (bicyclic) bond motifs is 1. The average Bonchev–Trinajstić information content (AvgIpc) is 2.54. The molecule has 0 bridgehead atoms. The summed E-state index contributed by atoms with van der Waals surface area (Å²) in [5.74, 6) is 0. The standard InChI is InChI=1S/C18H20O3S2/c1-13(19)22-17-8-4-5-9-18(17)23(20,21)16-11-10-14-6-2-3-7-15(14)12-16/h2-3,6-7,10-12,17-18H,4-5,8-9H2,1H3/t17-,18-/m0/s1. The quantitative estimate of drug-likeness (QED) is 0.834. The number of carbonyl (C=O) groups is 1. The fourth-order valence-corrected chi connectivity index (χ4v) is 6.80. The molecule has 2 aromatic rings. The van der Waals surface area contributed by atoms with Crippen LogP contribution in [0.1, 0.15) is 32.6 Å². The van der Waals surface area contributed by atoms with Crippen LogP contribution in [0.3, 0.4) is 0 Å². The SMILES string of the molecule is CC(=O)S[C@H]1CCCC[C@@H]1S(=O)(=O)c1ccc2ccccc2c1. The molecule has 1 saturated carbocycles. The molecule has 3 nitrogen and oxygen atoms in total. The molecule has 0 heterocycles. The summed E-state index contributed by atoms with van der Waals surface area (Å²) in [6.45, 7) is 1.51. The molecular formula is C18H20O3S2. The maximum Gasteiger partial charge on any atom is 0.186 e. The Kier molecular flexibility index (Phi) is 4.78. The summed E-state index contributed by atoms with van der Waals surface area (Å²) < 4.78 is 26.2. The predicted octanol–water partition coefficient (Wildman–Crippen LogP) is 4.20. The highest BCUT2D eigenvalue weighted by molar-refractivity contribution is 8.14. The molecule has 0 aromatic heterocycles. The van der Waals surface area contributed by atoms with Crippen LogP contribution in [0.2, 0.25) is 0 Å². The van der Waals surface area contributed by atoms with Crippen molar-refractivity contribution in [1.29, 1.82) is 0 Å². The fourth-order valence-electron chi connectivity index (χ4n) is 3.28. The van der Waals surface area contributed by atoms with Crippen molar-refractivity contribution in [3.05, 3.63) is 42.5 Å². The number of carbonyl (C=O) groups excluding carboxylic acids is 1. The highest BCUT2D eigenvalue weighted by Crippen LogP contribution is 2.36. The molecule has 0 unspecified atom stereocenters. The van der Waals surface area contributed by atoms with Crippen LogP contribution in [-0.2, 0) is 14.6 Å². The van der Waals surface area contributed by atoms with E-state index in [0.29, 0.717) is 11.3 Å². The van der Waals surface area contributed by atoms with Gasteiger partial charge in [-0.1, -0.05) is 54.9 Å². The second-order valence-corrected chi connectivity index (χ2v) is 9.61. The van der Waals surface area contributed by atoms with Crippen LogP contribution in [0.15, 0.2) is 47.4 Å². The molecule has 0 spiro atoms. The molecule has 1 aliphatic rings. The van der Waals surface area contributed by atoms with Gasteiger partial charge >= 0.3 is 0 Å². The van der Waals surface area contributed by atoms with Crippen LogP contribution in [0.4, 0.5) is 0 Å². The van der Waals surface area contributed by atoms with Gasteiger partial charge in [-0.15, -0.1) is 0 Å². The van der Waals surface area contributed by atoms with Crippen molar-refractivity contribution in [2.45, 2.75) is 48.0 Å². The summed E-state index contributed by atoms with van der Waals surface area (Å²) in [6, 6.07) is 13.1. The summed E-state index contributed by atoms with van der Waals surface area (Å²) in [4.78, 5) is 11.8. The Morgan fingerprint density at radius 2 is 1.74 bits per heavy atom. The minimum atomic E-state index is -3.42. The lowest BCUT2D eigenvalue weighted by molar-refractivity contribution is -0.109. The van der Waals surface area contributed by atoms with Crippen LogP contribution in [0, 0.1) is 0 Å². The Hall–Kier alpha value is -1.33. The second-order valence-electron chi connectivity index (χ2n) is 6.02. The van der Waals surface area contributed by atoms with Gasteiger partial charge in [0.2, 0.25) is 0 Å². The van der Waals surface area contributed by atoms with Crippen molar-refractivity contribution >= 4 is 37.5 Å². The normalized spacial score (nSPS) is 22.1. The maximum atomic E-state index is 13.1. The lowest BCUT2D eigenvalue weighted by Crippen LogP contribution is -2.35. The predicted molar refractivity (Wildman–Crippen MR) is 95.4 cm³/mol. The summed E-state index contributed by atoms with van der Waals surface area (Å²) in [5, 5.41) is 1.37. The highest BCUT2D eigenvalue weighted by Gasteiger charge is 2.37. The Bertz CT molecular complexity index is 827. The third-order valence-electron chi connectivity index (χ3n) is 4.41. The number of rotatable bonds is 3. The van der Waals surface area contributed by atoms with Crippen molar-refractivity contribution in [3.8, 4) is 0 Å². The third kappa shape index (κ3) is 3.45. The second kappa shape index (κ2) is 6.65. The lowest BCUT2D eigenvalue weighted by Gasteiger charge is -2.30. The van der Waals surface area contributed by atoms with Crippen molar-refractivity contribution in [1.82, 2.24) is 0 Å². The molecule has 122 valence electrons. The Balaban J connectivity index is 1.98. The van der Waals surface area contributed by atoms with Gasteiger partial charge in [-0.2, -0.15) is 0 Å². The molecule has 3 rings (SSSR count). The molecule has 0 amide bonds. The van der Waals surface area contributed by atoms with E-state index in [0.717, 1.165) is 30.0 Å². The van der Waals surface area contributed by atoms with E-state index < -0.39 is 15.1 Å². The van der Waals surface area contributed by atoms with Gasteiger partial charge in [0.1, 0.15) is 0 Å². The summed E-state index contributed by atoms with van der Waals surface area (Å²) in [5.41, 5.74) is 0. The van der Waals surface area contributed by atoms with E-state index in [-0.39, 0.29) is 10.4 Å². The van der Waals surface area contributed by atoms with Gasteiger partial charge in [0, 0.05) is 12.2 Å². The molecule has 2 atom stereocenters. The van der Waals surface area contributed by atoms with E-state index in [9.17, 15) is 13.2 Å². The number of sulfone groups is 1. The first-order valence-electron chi connectivity index (χ1n) is 7.88. The summed E-state index contributed by atoms with van der Waals surface area (Å²) in [6.07, 6.45) is 3.34. The number of hydrogen-bond acceptors (Lipinski definition) is 4. The number of benzene rings is 2. The number of thioether (sulfide) groups is 1. The van der Waals surface area contributed by atoms with Crippen LogP contribution in [0.5, 0.6) is 0 Å². The Labute approximate surface area is 141 Å². The molecule has 2 aromatic carbocycles. The van der Waals surface area contributed by atoms with Crippen molar-refractivity contribution in [2.24, 2.45) is 0 Å². The Morgan fingerprint density at radius 3 is 2.48 bits per heavy atom. The van der Waals surface area contributed by atoms with Crippen LogP contribution < -0.4 is 0 Å². The van der Waals surface area contributed by atoms with Crippen molar-refractivity contribution < 1.29 is 13.2 Å². The maximum absolute atomic E-state index is 13.1. The van der Waals surface area contributed by atoms with Gasteiger partial charge < -0.3 is 0 Å². The van der Waals surface area contributed by atoms with Gasteiger partial charge in [-0.25, -0.2) is 8.42 Å². The largest absolute Gasteiger partial charge is 0.288 e. The van der Waals surface area contributed by atoms with Gasteiger partial charge in [-0.3, -0.25) is 4.79 Å². The summed E-state index contributed by atoms with van der Waals surface area (Å²) >= 11 is 1.19. The zero-order valence-corrected chi connectivity index (χ0v) is 14.7. The molecule has 0 aliphatic heterocycles. The van der Waals surface area contributed by atoms with Crippen LogP contribution in [-0.4, -0.2) is 24.0 Å². The molecular weight excluding hydrogens is 328 g/mol. The topological polar surface area (TPSA) is 51.2 Å². The van der Waals surface area contributed by atoms with Gasteiger partial charge in [0.05, 0.1) is 10.1 Å². The Morgan fingerprint density at radius 1 is 1.04 bits per heavy atom. The molecule has 1 fully saturated rings.